The van der Waals surface area contributed by atoms with Crippen molar-refractivity contribution in [2.24, 2.45) is 11.1 Å². The third-order valence-corrected chi connectivity index (χ3v) is 3.99. The monoisotopic (exact) mass is 243 g/mol. The van der Waals surface area contributed by atoms with Crippen molar-refractivity contribution in [3.63, 3.8) is 0 Å². The van der Waals surface area contributed by atoms with Crippen molar-refractivity contribution < 1.29 is 0 Å². The molecule has 0 spiro atoms. The number of benzene rings is 1. The van der Waals surface area contributed by atoms with Crippen molar-refractivity contribution in [2.45, 2.75) is 32.2 Å². The Morgan fingerprint density at radius 1 is 1.40 bits per heavy atom. The van der Waals surface area contributed by atoms with E-state index in [0.717, 1.165) is 22.0 Å². The molecule has 1 saturated carbocycles. The summed E-state index contributed by atoms with van der Waals surface area (Å²) >= 11 is 12.0. The van der Waals surface area contributed by atoms with Gasteiger partial charge in [-0.25, -0.2) is 0 Å². The molecule has 15 heavy (non-hydrogen) atoms. The highest BCUT2D eigenvalue weighted by molar-refractivity contribution is 6.33. The maximum Gasteiger partial charge on any atom is 0.0439 e. The standard InChI is InChI=1S/C12H15Cl2N/c1-12(4-5-12)11(15)7-8-6-9(13)2-3-10(8)14/h2-3,6,11H,4-5,7,15H2,1H3. The van der Waals surface area contributed by atoms with Crippen LogP contribution in [0.1, 0.15) is 25.3 Å². The van der Waals surface area contributed by atoms with E-state index in [4.69, 9.17) is 28.9 Å². The predicted molar refractivity (Wildman–Crippen MR) is 65.5 cm³/mol. The minimum Gasteiger partial charge on any atom is -0.327 e. The van der Waals surface area contributed by atoms with Gasteiger partial charge in [0, 0.05) is 16.1 Å². The molecule has 1 atom stereocenters. The van der Waals surface area contributed by atoms with Crippen LogP contribution in [0.2, 0.25) is 10.0 Å². The molecule has 1 nitrogen and oxygen atoms in total. The lowest BCUT2D eigenvalue weighted by atomic mass is 9.93. The number of nitrogens with two attached hydrogens (primary N) is 1. The summed E-state index contributed by atoms with van der Waals surface area (Å²) in [5, 5.41) is 1.49. The Balaban J connectivity index is 2.13. The van der Waals surface area contributed by atoms with Gasteiger partial charge in [-0.15, -0.1) is 0 Å². The van der Waals surface area contributed by atoms with E-state index in [1.807, 2.05) is 12.1 Å². The van der Waals surface area contributed by atoms with E-state index in [0.29, 0.717) is 5.41 Å². The fourth-order valence-electron chi connectivity index (χ4n) is 1.75. The molecule has 1 aliphatic rings. The first-order valence-corrected chi connectivity index (χ1v) is 5.96. The van der Waals surface area contributed by atoms with Gasteiger partial charge in [0.1, 0.15) is 0 Å². The van der Waals surface area contributed by atoms with Crippen LogP contribution in [0.3, 0.4) is 0 Å². The van der Waals surface area contributed by atoms with E-state index < -0.39 is 0 Å². The van der Waals surface area contributed by atoms with Crippen LogP contribution < -0.4 is 5.73 Å². The van der Waals surface area contributed by atoms with Gasteiger partial charge in [-0.2, -0.15) is 0 Å². The number of hydrogen-bond donors (Lipinski definition) is 1. The van der Waals surface area contributed by atoms with Crippen LogP contribution in [0.15, 0.2) is 18.2 Å². The molecule has 3 heteroatoms. The van der Waals surface area contributed by atoms with Gasteiger partial charge in [-0.05, 0) is 48.4 Å². The molecule has 2 N–H and O–H groups in total. The molecule has 0 radical (unpaired) electrons. The SMILES string of the molecule is CC1(C(N)Cc2cc(Cl)ccc2Cl)CC1. The molecule has 1 aliphatic carbocycles. The molecule has 0 amide bonds. The summed E-state index contributed by atoms with van der Waals surface area (Å²) in [7, 11) is 0. The first-order valence-electron chi connectivity index (χ1n) is 5.21. The minimum absolute atomic E-state index is 0.188. The highest BCUT2D eigenvalue weighted by atomic mass is 35.5. The molecule has 1 unspecified atom stereocenters. The topological polar surface area (TPSA) is 26.0 Å². The Hall–Kier alpha value is -0.240. The maximum atomic E-state index is 6.16. The van der Waals surface area contributed by atoms with Gasteiger partial charge >= 0.3 is 0 Å². The smallest absolute Gasteiger partial charge is 0.0439 e. The average molecular weight is 244 g/mol. The maximum absolute atomic E-state index is 6.16. The summed E-state index contributed by atoms with van der Waals surface area (Å²) in [6.07, 6.45) is 3.27. The second-order valence-electron chi connectivity index (χ2n) is 4.70. The lowest BCUT2D eigenvalue weighted by Crippen LogP contribution is -2.31. The summed E-state index contributed by atoms with van der Waals surface area (Å²) < 4.78 is 0. The fraction of sp³-hybridized carbons (Fsp3) is 0.500. The van der Waals surface area contributed by atoms with Crippen LogP contribution in [-0.2, 0) is 6.42 Å². The molecule has 1 aromatic carbocycles. The third kappa shape index (κ3) is 2.47. The van der Waals surface area contributed by atoms with Crippen molar-refractivity contribution in [3.05, 3.63) is 33.8 Å². The quantitative estimate of drug-likeness (QED) is 0.862. The zero-order valence-electron chi connectivity index (χ0n) is 8.76. The number of rotatable bonds is 3. The summed E-state index contributed by atoms with van der Waals surface area (Å²) in [6.45, 7) is 2.23. The van der Waals surface area contributed by atoms with Gasteiger partial charge in [-0.1, -0.05) is 30.1 Å². The highest BCUT2D eigenvalue weighted by Gasteiger charge is 2.42. The summed E-state index contributed by atoms with van der Waals surface area (Å²) in [6, 6.07) is 5.74. The van der Waals surface area contributed by atoms with Crippen LogP contribution in [0.4, 0.5) is 0 Å². The molecular weight excluding hydrogens is 229 g/mol. The Bertz CT molecular complexity index is 372. The lowest BCUT2D eigenvalue weighted by Gasteiger charge is -2.19. The van der Waals surface area contributed by atoms with Crippen LogP contribution in [0.5, 0.6) is 0 Å². The second kappa shape index (κ2) is 3.97. The normalized spacial score (nSPS) is 20.0. The first kappa shape index (κ1) is 11.3. The molecule has 82 valence electrons. The molecule has 2 rings (SSSR count). The zero-order valence-corrected chi connectivity index (χ0v) is 10.3. The Morgan fingerprint density at radius 2 is 2.07 bits per heavy atom. The van der Waals surface area contributed by atoms with Gasteiger partial charge < -0.3 is 5.73 Å². The molecule has 1 fully saturated rings. The molecular formula is C12H15Cl2N. The molecule has 0 heterocycles. The van der Waals surface area contributed by atoms with Gasteiger partial charge in [0.15, 0.2) is 0 Å². The summed E-state index contributed by atoms with van der Waals surface area (Å²) in [5.41, 5.74) is 7.55. The van der Waals surface area contributed by atoms with E-state index in [2.05, 4.69) is 6.92 Å². The van der Waals surface area contributed by atoms with Crippen molar-refractivity contribution >= 4 is 23.2 Å². The van der Waals surface area contributed by atoms with Crippen molar-refractivity contribution in [1.82, 2.24) is 0 Å². The van der Waals surface area contributed by atoms with E-state index in [-0.39, 0.29) is 6.04 Å². The lowest BCUT2D eigenvalue weighted by molar-refractivity contribution is 0.433. The Morgan fingerprint density at radius 3 is 2.67 bits per heavy atom. The van der Waals surface area contributed by atoms with E-state index in [1.54, 1.807) is 6.07 Å². The van der Waals surface area contributed by atoms with Gasteiger partial charge in [0.2, 0.25) is 0 Å². The molecule has 0 aromatic heterocycles. The van der Waals surface area contributed by atoms with Gasteiger partial charge in [0.05, 0.1) is 0 Å². The van der Waals surface area contributed by atoms with Crippen molar-refractivity contribution in [3.8, 4) is 0 Å². The van der Waals surface area contributed by atoms with Crippen LogP contribution in [0, 0.1) is 5.41 Å². The molecule has 1 aromatic rings. The third-order valence-electron chi connectivity index (χ3n) is 3.38. The highest BCUT2D eigenvalue weighted by Crippen LogP contribution is 2.48. The van der Waals surface area contributed by atoms with E-state index in [9.17, 15) is 0 Å². The largest absolute Gasteiger partial charge is 0.327 e. The zero-order chi connectivity index (χ0) is 11.1. The minimum atomic E-state index is 0.188. The van der Waals surface area contributed by atoms with E-state index in [1.165, 1.54) is 12.8 Å². The molecule has 0 saturated heterocycles. The first-order chi connectivity index (χ1) is 7.01. The summed E-state index contributed by atoms with van der Waals surface area (Å²) in [4.78, 5) is 0. The van der Waals surface area contributed by atoms with Gasteiger partial charge in [-0.3, -0.25) is 0 Å². The summed E-state index contributed by atoms with van der Waals surface area (Å²) in [5.74, 6) is 0. The predicted octanol–water partition coefficient (Wildman–Crippen LogP) is 3.66. The van der Waals surface area contributed by atoms with Crippen molar-refractivity contribution in [1.29, 1.82) is 0 Å². The van der Waals surface area contributed by atoms with Crippen LogP contribution >= 0.6 is 23.2 Å². The molecule has 0 aliphatic heterocycles. The average Bonchev–Trinajstić information content (AvgIpc) is 2.91. The van der Waals surface area contributed by atoms with Gasteiger partial charge in [0.25, 0.3) is 0 Å². The van der Waals surface area contributed by atoms with Crippen LogP contribution in [0.25, 0.3) is 0 Å². The molecule has 0 bridgehead atoms. The van der Waals surface area contributed by atoms with Crippen LogP contribution in [-0.4, -0.2) is 6.04 Å². The van der Waals surface area contributed by atoms with Crippen molar-refractivity contribution in [2.75, 3.05) is 0 Å². The fourth-order valence-corrected chi connectivity index (χ4v) is 2.14. The second-order valence-corrected chi connectivity index (χ2v) is 5.54. The van der Waals surface area contributed by atoms with E-state index >= 15 is 0 Å². The Labute approximate surface area is 101 Å². The Kier molecular flexibility index (Phi) is 2.98. The number of hydrogen-bond acceptors (Lipinski definition) is 1. The number of halogens is 2.